The summed E-state index contributed by atoms with van der Waals surface area (Å²) < 4.78 is 1.06. The quantitative estimate of drug-likeness (QED) is 0.479. The molecule has 2 aromatic carbocycles. The molecule has 0 heterocycles. The number of anilines is 1. The van der Waals surface area contributed by atoms with Gasteiger partial charge in [-0.25, -0.2) is 0 Å². The Hall–Kier alpha value is -2.33. The molecule has 2 aromatic rings. The molecule has 0 fully saturated rings. The Morgan fingerprint density at radius 1 is 1.14 bits per heavy atom. The summed E-state index contributed by atoms with van der Waals surface area (Å²) >= 11 is 2.17. The molecule has 104 valence electrons. The average Bonchev–Trinajstić information content (AvgIpc) is 2.49. The first-order chi connectivity index (χ1) is 10.1. The lowest BCUT2D eigenvalue weighted by Gasteiger charge is -2.04. The first kappa shape index (κ1) is 15.1. The van der Waals surface area contributed by atoms with Crippen molar-refractivity contribution in [3.8, 4) is 11.8 Å². The van der Waals surface area contributed by atoms with Gasteiger partial charge in [0, 0.05) is 9.26 Å². The number of nitriles is 1. The Balaban J connectivity index is 2.17. The van der Waals surface area contributed by atoms with Crippen molar-refractivity contribution >= 4 is 40.3 Å². The van der Waals surface area contributed by atoms with Gasteiger partial charge >= 0.3 is 0 Å². The molecule has 21 heavy (non-hydrogen) atoms. The Morgan fingerprint density at radius 2 is 1.76 bits per heavy atom. The highest BCUT2D eigenvalue weighted by atomic mass is 127. The van der Waals surface area contributed by atoms with Gasteiger partial charge in [-0.2, -0.15) is 5.26 Å². The van der Waals surface area contributed by atoms with Gasteiger partial charge in [0.2, 0.25) is 0 Å². The first-order valence-electron chi connectivity index (χ1n) is 6.06. The number of hydrogen-bond acceptors (Lipinski definition) is 3. The van der Waals surface area contributed by atoms with Crippen LogP contribution in [0, 0.1) is 14.9 Å². The molecule has 0 aliphatic carbocycles. The number of phenols is 1. The summed E-state index contributed by atoms with van der Waals surface area (Å²) in [4.78, 5) is 12.0. The van der Waals surface area contributed by atoms with Crippen LogP contribution in [0.5, 0.6) is 5.75 Å². The Morgan fingerprint density at radius 3 is 2.33 bits per heavy atom. The van der Waals surface area contributed by atoms with Crippen molar-refractivity contribution in [2.45, 2.75) is 0 Å². The van der Waals surface area contributed by atoms with Crippen LogP contribution >= 0.6 is 22.6 Å². The molecule has 2 N–H and O–H groups in total. The highest BCUT2D eigenvalue weighted by Crippen LogP contribution is 2.15. The summed E-state index contributed by atoms with van der Waals surface area (Å²) in [5.41, 5.74) is 1.30. The molecule has 0 unspecified atom stereocenters. The third kappa shape index (κ3) is 4.33. The van der Waals surface area contributed by atoms with Crippen molar-refractivity contribution in [2.75, 3.05) is 5.32 Å². The summed E-state index contributed by atoms with van der Waals surface area (Å²) in [5.74, 6) is -0.333. The zero-order chi connectivity index (χ0) is 15.2. The highest BCUT2D eigenvalue weighted by Gasteiger charge is 2.09. The molecule has 4 nitrogen and oxygen atoms in total. The normalized spacial score (nSPS) is 10.8. The molecule has 0 aliphatic rings. The standard InChI is InChI=1S/C16H11IN2O2/c17-13-3-5-14(6-4-13)19-16(21)12(10-18)9-11-1-7-15(20)8-2-11/h1-9,20H,(H,19,21)/b12-9-. The number of aromatic hydroxyl groups is 1. The molecule has 0 aliphatic heterocycles. The van der Waals surface area contributed by atoms with Crippen LogP contribution in [-0.4, -0.2) is 11.0 Å². The van der Waals surface area contributed by atoms with Crippen LogP contribution in [0.2, 0.25) is 0 Å². The van der Waals surface area contributed by atoms with Gasteiger partial charge in [-0.05, 0) is 70.6 Å². The molecule has 5 heteroatoms. The molecule has 0 aromatic heterocycles. The van der Waals surface area contributed by atoms with E-state index in [1.807, 2.05) is 18.2 Å². The predicted molar refractivity (Wildman–Crippen MR) is 89.5 cm³/mol. The summed E-state index contributed by atoms with van der Waals surface area (Å²) in [6.45, 7) is 0. The van der Waals surface area contributed by atoms with E-state index in [-0.39, 0.29) is 11.3 Å². The summed E-state index contributed by atoms with van der Waals surface area (Å²) in [6.07, 6.45) is 1.47. The summed E-state index contributed by atoms with van der Waals surface area (Å²) in [5, 5.41) is 21.0. The van der Waals surface area contributed by atoms with Crippen LogP contribution in [0.4, 0.5) is 5.69 Å². The number of nitrogens with zero attached hydrogens (tertiary/aromatic N) is 1. The van der Waals surface area contributed by atoms with Crippen molar-refractivity contribution in [1.82, 2.24) is 0 Å². The lowest BCUT2D eigenvalue weighted by atomic mass is 10.1. The molecule has 0 atom stereocenters. The predicted octanol–water partition coefficient (Wildman–Crippen LogP) is 3.54. The maximum atomic E-state index is 12.0. The molecular formula is C16H11IN2O2. The number of rotatable bonds is 3. The van der Waals surface area contributed by atoms with Crippen molar-refractivity contribution in [1.29, 1.82) is 5.26 Å². The van der Waals surface area contributed by atoms with Crippen LogP contribution in [-0.2, 0) is 4.79 Å². The van der Waals surface area contributed by atoms with E-state index in [9.17, 15) is 9.90 Å². The number of benzene rings is 2. The van der Waals surface area contributed by atoms with Crippen molar-refractivity contribution in [2.24, 2.45) is 0 Å². The second kappa shape index (κ2) is 6.90. The van der Waals surface area contributed by atoms with Crippen LogP contribution in [0.1, 0.15) is 5.56 Å². The minimum atomic E-state index is -0.466. The van der Waals surface area contributed by atoms with Gasteiger partial charge in [-0.1, -0.05) is 12.1 Å². The number of amides is 1. The Kier molecular flexibility index (Phi) is 4.95. The topological polar surface area (TPSA) is 73.1 Å². The molecule has 1 amide bonds. The van der Waals surface area contributed by atoms with E-state index in [1.165, 1.54) is 18.2 Å². The number of carbonyl (C=O) groups excluding carboxylic acids is 1. The van der Waals surface area contributed by atoms with Gasteiger partial charge in [0.15, 0.2) is 0 Å². The van der Waals surface area contributed by atoms with E-state index in [4.69, 9.17) is 5.26 Å². The van der Waals surface area contributed by atoms with Gasteiger partial charge < -0.3 is 10.4 Å². The molecule has 0 saturated heterocycles. The highest BCUT2D eigenvalue weighted by molar-refractivity contribution is 14.1. The van der Waals surface area contributed by atoms with Crippen LogP contribution in [0.25, 0.3) is 6.08 Å². The number of halogens is 1. The fraction of sp³-hybridized carbons (Fsp3) is 0. The van der Waals surface area contributed by atoms with Crippen molar-refractivity contribution in [3.63, 3.8) is 0 Å². The van der Waals surface area contributed by atoms with E-state index in [0.717, 1.165) is 3.57 Å². The third-order valence-corrected chi connectivity index (χ3v) is 3.39. The van der Waals surface area contributed by atoms with Crippen LogP contribution in [0.3, 0.4) is 0 Å². The third-order valence-electron chi connectivity index (χ3n) is 2.67. The van der Waals surface area contributed by atoms with E-state index in [1.54, 1.807) is 24.3 Å². The Bertz CT molecular complexity index is 713. The lowest BCUT2D eigenvalue weighted by molar-refractivity contribution is -0.112. The van der Waals surface area contributed by atoms with E-state index in [2.05, 4.69) is 27.9 Å². The fourth-order valence-electron chi connectivity index (χ4n) is 1.62. The second-order valence-corrected chi connectivity index (χ2v) is 5.47. The minimum absolute atomic E-state index is 0.000704. The number of hydrogen-bond donors (Lipinski definition) is 2. The zero-order valence-electron chi connectivity index (χ0n) is 10.9. The maximum Gasteiger partial charge on any atom is 0.266 e. The smallest absolute Gasteiger partial charge is 0.266 e. The summed E-state index contributed by atoms with van der Waals surface area (Å²) in [6, 6.07) is 15.4. The zero-order valence-corrected chi connectivity index (χ0v) is 13.0. The Labute approximate surface area is 135 Å². The molecule has 0 saturated carbocycles. The second-order valence-electron chi connectivity index (χ2n) is 4.22. The summed E-state index contributed by atoms with van der Waals surface area (Å²) in [7, 11) is 0. The monoisotopic (exact) mass is 390 g/mol. The van der Waals surface area contributed by atoms with Gasteiger partial charge in [-0.15, -0.1) is 0 Å². The number of phenolic OH excluding ortho intramolecular Hbond substituents is 1. The van der Waals surface area contributed by atoms with Gasteiger partial charge in [0.05, 0.1) is 0 Å². The van der Waals surface area contributed by atoms with E-state index < -0.39 is 5.91 Å². The largest absolute Gasteiger partial charge is 0.508 e. The molecule has 0 radical (unpaired) electrons. The number of nitrogens with one attached hydrogen (secondary N) is 1. The molecule has 2 rings (SSSR count). The van der Waals surface area contributed by atoms with Crippen LogP contribution < -0.4 is 5.32 Å². The minimum Gasteiger partial charge on any atom is -0.508 e. The van der Waals surface area contributed by atoms with Crippen LogP contribution in [0.15, 0.2) is 54.1 Å². The fourth-order valence-corrected chi connectivity index (χ4v) is 1.98. The first-order valence-corrected chi connectivity index (χ1v) is 7.14. The molecule has 0 bridgehead atoms. The SMILES string of the molecule is N#C/C(=C/c1ccc(O)cc1)C(=O)Nc1ccc(I)cc1. The van der Waals surface area contributed by atoms with Gasteiger partial charge in [0.1, 0.15) is 17.4 Å². The molecular weight excluding hydrogens is 379 g/mol. The number of carbonyl (C=O) groups is 1. The lowest BCUT2D eigenvalue weighted by Crippen LogP contribution is -2.13. The molecule has 0 spiro atoms. The van der Waals surface area contributed by atoms with Crippen molar-refractivity contribution < 1.29 is 9.90 Å². The maximum absolute atomic E-state index is 12.0. The van der Waals surface area contributed by atoms with E-state index in [0.29, 0.717) is 11.3 Å². The van der Waals surface area contributed by atoms with Gasteiger partial charge in [0.25, 0.3) is 5.91 Å². The van der Waals surface area contributed by atoms with Gasteiger partial charge in [-0.3, -0.25) is 4.79 Å². The average molecular weight is 390 g/mol. The van der Waals surface area contributed by atoms with E-state index >= 15 is 0 Å². The van der Waals surface area contributed by atoms with Crippen molar-refractivity contribution in [3.05, 3.63) is 63.2 Å².